The number of anilines is 1. The molecule has 0 radical (unpaired) electrons. The summed E-state index contributed by atoms with van der Waals surface area (Å²) in [6.45, 7) is 3.56. The number of esters is 1. The van der Waals surface area contributed by atoms with Gasteiger partial charge in [-0.15, -0.1) is 0 Å². The third-order valence-corrected chi connectivity index (χ3v) is 4.79. The van der Waals surface area contributed by atoms with Gasteiger partial charge in [-0.25, -0.2) is 4.79 Å². The van der Waals surface area contributed by atoms with E-state index in [1.807, 2.05) is 0 Å². The van der Waals surface area contributed by atoms with Crippen LogP contribution in [0.15, 0.2) is 42.5 Å². The summed E-state index contributed by atoms with van der Waals surface area (Å²) < 4.78 is 4.83. The topological polar surface area (TPSA) is 126 Å². The van der Waals surface area contributed by atoms with Gasteiger partial charge in [0.1, 0.15) is 0 Å². The maximum atomic E-state index is 12.4. The monoisotopic (exact) mass is 508 g/mol. The van der Waals surface area contributed by atoms with E-state index in [9.17, 15) is 19.2 Å². The lowest BCUT2D eigenvalue weighted by molar-refractivity contribution is -0.143. The fourth-order valence-electron chi connectivity index (χ4n) is 2.92. The number of carbonyl (C=O) groups excluding carboxylic acids is 4. The van der Waals surface area contributed by atoms with Crippen molar-refractivity contribution in [2.24, 2.45) is 0 Å². The smallest absolute Gasteiger partial charge is 0.319 e. The second kappa shape index (κ2) is 13.4. The summed E-state index contributed by atoms with van der Waals surface area (Å²) in [4.78, 5) is 48.0. The molecule has 0 aliphatic rings. The van der Waals surface area contributed by atoms with Crippen molar-refractivity contribution < 1.29 is 23.9 Å². The molecule has 9 nitrogen and oxygen atoms in total. The van der Waals surface area contributed by atoms with Gasteiger partial charge in [0, 0.05) is 33.9 Å². The highest BCUT2D eigenvalue weighted by Gasteiger charge is 2.14. The quantitative estimate of drug-likeness (QED) is 0.365. The second-order valence-corrected chi connectivity index (χ2v) is 8.20. The van der Waals surface area contributed by atoms with Crippen LogP contribution in [0.5, 0.6) is 0 Å². The summed E-state index contributed by atoms with van der Waals surface area (Å²) in [5.74, 6) is -1.35. The molecular weight excluding hydrogens is 483 g/mol. The molecule has 2 aromatic carbocycles. The number of benzene rings is 2. The molecule has 0 fully saturated rings. The molecule has 0 spiro atoms. The predicted octanol–water partition coefficient (Wildman–Crippen LogP) is 3.50. The van der Waals surface area contributed by atoms with Crippen molar-refractivity contribution in [2.75, 3.05) is 18.5 Å². The van der Waals surface area contributed by atoms with Crippen LogP contribution in [0, 0.1) is 0 Å². The Morgan fingerprint density at radius 2 is 1.71 bits per heavy atom. The summed E-state index contributed by atoms with van der Waals surface area (Å²) in [6.07, 6.45) is 0.0354. The van der Waals surface area contributed by atoms with E-state index in [4.69, 9.17) is 27.9 Å². The minimum absolute atomic E-state index is 0.0354. The number of hydrogen-bond donors (Lipinski definition) is 4. The molecule has 0 saturated heterocycles. The minimum atomic E-state index is -0.495. The Labute approximate surface area is 207 Å². The van der Waals surface area contributed by atoms with Crippen molar-refractivity contribution in [1.29, 1.82) is 0 Å². The van der Waals surface area contributed by atoms with Crippen molar-refractivity contribution in [3.05, 3.63) is 63.6 Å². The van der Waals surface area contributed by atoms with E-state index in [2.05, 4.69) is 21.3 Å². The summed E-state index contributed by atoms with van der Waals surface area (Å²) in [6, 6.07) is 10.3. The van der Waals surface area contributed by atoms with Crippen molar-refractivity contribution in [2.45, 2.75) is 32.9 Å². The van der Waals surface area contributed by atoms with E-state index in [1.54, 1.807) is 50.2 Å². The molecule has 182 valence electrons. The molecule has 1 unspecified atom stereocenters. The molecule has 2 rings (SSSR count). The average Bonchev–Trinajstić information content (AvgIpc) is 2.75. The standard InChI is InChI=1S/C23H26Cl2N4O5/c1-3-34-21(31)7-14(2)28-20(30)13-26-22(32)16-5-4-6-19(10-16)29-23(33)27-12-15-8-17(24)11-18(25)9-15/h4-6,8-11,14H,3,7,12-13H2,1-2H3,(H,26,32)(H,28,30)(H2,27,29,33). The average molecular weight is 509 g/mol. The van der Waals surface area contributed by atoms with Gasteiger partial charge in [-0.1, -0.05) is 29.3 Å². The summed E-state index contributed by atoms with van der Waals surface area (Å²) in [5.41, 5.74) is 1.38. The fraction of sp³-hybridized carbons (Fsp3) is 0.304. The lowest BCUT2D eigenvalue weighted by Gasteiger charge is -2.13. The number of rotatable bonds is 10. The van der Waals surface area contributed by atoms with E-state index < -0.39 is 29.9 Å². The Bertz CT molecular complexity index is 1030. The van der Waals surface area contributed by atoms with E-state index in [0.29, 0.717) is 15.7 Å². The highest BCUT2D eigenvalue weighted by molar-refractivity contribution is 6.34. The molecule has 0 saturated carbocycles. The van der Waals surface area contributed by atoms with Crippen LogP contribution in [0.25, 0.3) is 0 Å². The van der Waals surface area contributed by atoms with E-state index >= 15 is 0 Å². The van der Waals surface area contributed by atoms with Crippen molar-refractivity contribution in [1.82, 2.24) is 16.0 Å². The van der Waals surface area contributed by atoms with Crippen LogP contribution in [-0.2, 0) is 20.9 Å². The number of amides is 4. The Morgan fingerprint density at radius 1 is 1.00 bits per heavy atom. The first-order chi connectivity index (χ1) is 16.2. The molecule has 0 heterocycles. The van der Waals surface area contributed by atoms with Crippen LogP contribution in [0.4, 0.5) is 10.5 Å². The Balaban J connectivity index is 1.82. The zero-order valence-corrected chi connectivity index (χ0v) is 20.3. The normalized spacial score (nSPS) is 11.2. The van der Waals surface area contributed by atoms with Gasteiger partial charge in [-0.3, -0.25) is 14.4 Å². The third kappa shape index (κ3) is 9.68. The maximum Gasteiger partial charge on any atom is 0.319 e. The molecule has 0 aromatic heterocycles. The lowest BCUT2D eigenvalue weighted by Crippen LogP contribution is -2.41. The van der Waals surface area contributed by atoms with E-state index in [-0.39, 0.29) is 31.7 Å². The van der Waals surface area contributed by atoms with Crippen LogP contribution in [-0.4, -0.2) is 43.0 Å². The van der Waals surface area contributed by atoms with Crippen molar-refractivity contribution in [3.8, 4) is 0 Å². The molecule has 2 aromatic rings. The van der Waals surface area contributed by atoms with E-state index in [0.717, 1.165) is 5.56 Å². The highest BCUT2D eigenvalue weighted by atomic mass is 35.5. The first-order valence-electron chi connectivity index (χ1n) is 10.5. The molecular formula is C23H26Cl2N4O5. The first kappa shape index (κ1) is 26.9. The fourth-order valence-corrected chi connectivity index (χ4v) is 3.49. The van der Waals surface area contributed by atoms with Gasteiger partial charge in [-0.05, 0) is 55.8 Å². The summed E-state index contributed by atoms with van der Waals surface area (Å²) in [7, 11) is 0. The second-order valence-electron chi connectivity index (χ2n) is 7.33. The van der Waals surface area contributed by atoms with Crippen LogP contribution < -0.4 is 21.3 Å². The van der Waals surface area contributed by atoms with Crippen LogP contribution in [0.3, 0.4) is 0 Å². The largest absolute Gasteiger partial charge is 0.466 e. The number of urea groups is 1. The number of ether oxygens (including phenoxy) is 1. The van der Waals surface area contributed by atoms with Gasteiger partial charge < -0.3 is 26.0 Å². The lowest BCUT2D eigenvalue weighted by atomic mass is 10.2. The van der Waals surface area contributed by atoms with Crippen molar-refractivity contribution >= 4 is 52.7 Å². The summed E-state index contributed by atoms with van der Waals surface area (Å²) in [5, 5.41) is 11.4. The van der Waals surface area contributed by atoms with Crippen LogP contribution in [0.1, 0.15) is 36.2 Å². The highest BCUT2D eigenvalue weighted by Crippen LogP contribution is 2.19. The van der Waals surface area contributed by atoms with E-state index in [1.165, 1.54) is 6.07 Å². The van der Waals surface area contributed by atoms with Crippen LogP contribution in [0.2, 0.25) is 10.0 Å². The maximum absolute atomic E-state index is 12.4. The number of hydrogen-bond acceptors (Lipinski definition) is 5. The molecule has 0 aliphatic carbocycles. The van der Waals surface area contributed by atoms with Crippen LogP contribution >= 0.6 is 23.2 Å². The van der Waals surface area contributed by atoms with Gasteiger partial charge in [-0.2, -0.15) is 0 Å². The number of nitrogens with one attached hydrogen (secondary N) is 4. The number of halogens is 2. The Kier molecular flexibility index (Phi) is 10.6. The van der Waals surface area contributed by atoms with Gasteiger partial charge in [0.2, 0.25) is 5.91 Å². The molecule has 0 bridgehead atoms. The Morgan fingerprint density at radius 3 is 2.38 bits per heavy atom. The Hall–Kier alpha value is -3.30. The van der Waals surface area contributed by atoms with Gasteiger partial charge >= 0.3 is 12.0 Å². The zero-order chi connectivity index (χ0) is 25.1. The summed E-state index contributed by atoms with van der Waals surface area (Å²) >= 11 is 11.9. The number of carbonyl (C=O) groups is 4. The molecule has 4 N–H and O–H groups in total. The molecule has 4 amide bonds. The molecule has 0 aliphatic heterocycles. The first-order valence-corrected chi connectivity index (χ1v) is 11.2. The van der Waals surface area contributed by atoms with Gasteiger partial charge in [0.25, 0.3) is 5.91 Å². The third-order valence-electron chi connectivity index (χ3n) is 4.35. The van der Waals surface area contributed by atoms with Crippen molar-refractivity contribution in [3.63, 3.8) is 0 Å². The van der Waals surface area contributed by atoms with Gasteiger partial charge in [0.05, 0.1) is 19.6 Å². The molecule has 1 atom stereocenters. The molecule has 11 heteroatoms. The minimum Gasteiger partial charge on any atom is -0.466 e. The predicted molar refractivity (Wildman–Crippen MR) is 130 cm³/mol. The SMILES string of the molecule is CCOC(=O)CC(C)NC(=O)CNC(=O)c1cccc(NC(=O)NCc2cc(Cl)cc(Cl)c2)c1. The zero-order valence-electron chi connectivity index (χ0n) is 18.7. The van der Waals surface area contributed by atoms with Gasteiger partial charge in [0.15, 0.2) is 0 Å². The molecule has 34 heavy (non-hydrogen) atoms.